The Bertz CT molecular complexity index is 357. The van der Waals surface area contributed by atoms with Crippen LogP contribution in [0.2, 0.25) is 0 Å². The number of nitro groups is 1. The molecular formula is C9H11N3O2. The van der Waals surface area contributed by atoms with Crippen LogP contribution >= 0.6 is 0 Å². The Labute approximate surface area is 81.2 Å². The van der Waals surface area contributed by atoms with Crippen LogP contribution in [0.3, 0.4) is 0 Å². The summed E-state index contributed by atoms with van der Waals surface area (Å²) < 4.78 is 0. The fourth-order valence-corrected chi connectivity index (χ4v) is 0.965. The first-order chi connectivity index (χ1) is 6.63. The van der Waals surface area contributed by atoms with E-state index in [0.717, 1.165) is 5.56 Å². The average molecular weight is 193 g/mol. The van der Waals surface area contributed by atoms with Crippen LogP contribution in [-0.2, 0) is 0 Å². The molecule has 1 aromatic carbocycles. The van der Waals surface area contributed by atoms with Gasteiger partial charge in [-0.1, -0.05) is 0 Å². The van der Waals surface area contributed by atoms with Gasteiger partial charge in [-0.05, 0) is 23.8 Å². The Kier molecular flexibility index (Phi) is 3.19. The Balaban J connectivity index is 2.89. The van der Waals surface area contributed by atoms with E-state index in [4.69, 9.17) is 11.5 Å². The van der Waals surface area contributed by atoms with E-state index in [-0.39, 0.29) is 12.2 Å². The highest BCUT2D eigenvalue weighted by Crippen LogP contribution is 2.13. The molecular weight excluding hydrogens is 182 g/mol. The molecule has 0 fully saturated rings. The van der Waals surface area contributed by atoms with E-state index < -0.39 is 4.92 Å². The van der Waals surface area contributed by atoms with Crippen molar-refractivity contribution in [2.75, 3.05) is 6.54 Å². The minimum absolute atomic E-state index is 0.0634. The molecule has 0 saturated carbocycles. The Morgan fingerprint density at radius 1 is 1.43 bits per heavy atom. The van der Waals surface area contributed by atoms with Crippen molar-refractivity contribution in [1.29, 1.82) is 0 Å². The lowest BCUT2D eigenvalue weighted by atomic mass is 10.2. The number of hydrogen-bond acceptors (Lipinski definition) is 4. The minimum atomic E-state index is -0.445. The SMILES string of the molecule is NC/C(N)=C\c1ccc([N+](=O)[O-])cc1. The highest BCUT2D eigenvalue weighted by atomic mass is 16.6. The van der Waals surface area contributed by atoms with Gasteiger partial charge in [-0.3, -0.25) is 10.1 Å². The molecule has 0 atom stereocenters. The zero-order valence-corrected chi connectivity index (χ0v) is 7.51. The predicted octanol–water partition coefficient (Wildman–Crippen LogP) is 0.853. The molecule has 74 valence electrons. The first kappa shape index (κ1) is 10.2. The van der Waals surface area contributed by atoms with Crippen LogP contribution in [0.5, 0.6) is 0 Å². The van der Waals surface area contributed by atoms with E-state index in [1.807, 2.05) is 0 Å². The van der Waals surface area contributed by atoms with Gasteiger partial charge in [0.15, 0.2) is 0 Å². The molecule has 0 aliphatic heterocycles. The first-order valence-electron chi connectivity index (χ1n) is 4.04. The Morgan fingerprint density at radius 2 is 2.00 bits per heavy atom. The maximum absolute atomic E-state index is 10.3. The standard InChI is InChI=1S/C9H11N3O2/c10-6-8(11)5-7-1-3-9(4-2-7)12(13)14/h1-5H,6,10-11H2/b8-5+. The van der Waals surface area contributed by atoms with Gasteiger partial charge in [0, 0.05) is 24.4 Å². The molecule has 14 heavy (non-hydrogen) atoms. The molecule has 0 aliphatic carbocycles. The topological polar surface area (TPSA) is 95.2 Å². The monoisotopic (exact) mass is 193 g/mol. The molecule has 5 heteroatoms. The predicted molar refractivity (Wildman–Crippen MR) is 54.3 cm³/mol. The van der Waals surface area contributed by atoms with E-state index >= 15 is 0 Å². The van der Waals surface area contributed by atoms with Crippen LogP contribution in [-0.4, -0.2) is 11.5 Å². The summed E-state index contributed by atoms with van der Waals surface area (Å²) in [6.45, 7) is 0.275. The molecule has 0 unspecified atom stereocenters. The van der Waals surface area contributed by atoms with Gasteiger partial charge in [0.05, 0.1) is 4.92 Å². The molecule has 0 aromatic heterocycles. The fourth-order valence-electron chi connectivity index (χ4n) is 0.965. The van der Waals surface area contributed by atoms with Crippen LogP contribution in [0.4, 0.5) is 5.69 Å². The van der Waals surface area contributed by atoms with E-state index in [1.54, 1.807) is 18.2 Å². The van der Waals surface area contributed by atoms with E-state index in [1.165, 1.54) is 12.1 Å². The third-order valence-electron chi connectivity index (χ3n) is 1.69. The van der Waals surface area contributed by atoms with Crippen molar-refractivity contribution in [2.45, 2.75) is 0 Å². The average Bonchev–Trinajstić information content (AvgIpc) is 2.18. The summed E-state index contributed by atoms with van der Waals surface area (Å²) in [6.07, 6.45) is 1.68. The van der Waals surface area contributed by atoms with Crippen LogP contribution < -0.4 is 11.5 Å². The Hall–Kier alpha value is -1.88. The zero-order chi connectivity index (χ0) is 10.6. The van der Waals surface area contributed by atoms with Crippen molar-refractivity contribution in [3.05, 3.63) is 45.6 Å². The van der Waals surface area contributed by atoms with Gasteiger partial charge >= 0.3 is 0 Å². The molecule has 0 amide bonds. The fraction of sp³-hybridized carbons (Fsp3) is 0.111. The van der Waals surface area contributed by atoms with Gasteiger partial charge in [0.25, 0.3) is 5.69 Å². The van der Waals surface area contributed by atoms with Crippen molar-refractivity contribution in [3.63, 3.8) is 0 Å². The minimum Gasteiger partial charge on any atom is -0.401 e. The maximum atomic E-state index is 10.3. The van der Waals surface area contributed by atoms with Gasteiger partial charge in [-0.25, -0.2) is 0 Å². The molecule has 0 heterocycles. The Morgan fingerprint density at radius 3 is 2.43 bits per heavy atom. The van der Waals surface area contributed by atoms with Gasteiger partial charge < -0.3 is 11.5 Å². The number of benzene rings is 1. The molecule has 0 saturated heterocycles. The molecule has 0 bridgehead atoms. The largest absolute Gasteiger partial charge is 0.401 e. The van der Waals surface area contributed by atoms with Crippen molar-refractivity contribution >= 4 is 11.8 Å². The van der Waals surface area contributed by atoms with Crippen LogP contribution in [0, 0.1) is 10.1 Å². The van der Waals surface area contributed by atoms with Crippen molar-refractivity contribution in [3.8, 4) is 0 Å². The van der Waals surface area contributed by atoms with Gasteiger partial charge in [0.1, 0.15) is 0 Å². The second-order valence-electron chi connectivity index (χ2n) is 2.77. The maximum Gasteiger partial charge on any atom is 0.269 e. The van der Waals surface area contributed by atoms with Gasteiger partial charge in [-0.15, -0.1) is 0 Å². The number of nitrogens with zero attached hydrogens (tertiary/aromatic N) is 1. The second-order valence-corrected chi connectivity index (χ2v) is 2.77. The third-order valence-corrected chi connectivity index (χ3v) is 1.69. The molecule has 0 spiro atoms. The first-order valence-corrected chi connectivity index (χ1v) is 4.04. The molecule has 0 aliphatic rings. The van der Waals surface area contributed by atoms with Gasteiger partial charge in [-0.2, -0.15) is 0 Å². The van der Waals surface area contributed by atoms with Gasteiger partial charge in [0.2, 0.25) is 0 Å². The third kappa shape index (κ3) is 2.56. The van der Waals surface area contributed by atoms with E-state index in [9.17, 15) is 10.1 Å². The van der Waals surface area contributed by atoms with Crippen LogP contribution in [0.25, 0.3) is 6.08 Å². The van der Waals surface area contributed by atoms with E-state index in [2.05, 4.69) is 0 Å². The summed E-state index contributed by atoms with van der Waals surface area (Å²) in [4.78, 5) is 9.89. The molecule has 1 rings (SSSR count). The smallest absolute Gasteiger partial charge is 0.269 e. The quantitative estimate of drug-likeness (QED) is 0.549. The number of nitrogens with two attached hydrogens (primary N) is 2. The number of non-ortho nitro benzene ring substituents is 1. The number of hydrogen-bond donors (Lipinski definition) is 2. The number of rotatable bonds is 3. The highest BCUT2D eigenvalue weighted by Gasteiger charge is 2.02. The summed E-state index contributed by atoms with van der Waals surface area (Å²) in [6, 6.07) is 6.10. The highest BCUT2D eigenvalue weighted by molar-refractivity contribution is 5.54. The lowest BCUT2D eigenvalue weighted by Gasteiger charge is -1.96. The summed E-state index contributed by atoms with van der Waals surface area (Å²) in [5, 5.41) is 10.3. The van der Waals surface area contributed by atoms with Crippen LogP contribution in [0.1, 0.15) is 5.56 Å². The lowest BCUT2D eigenvalue weighted by Crippen LogP contribution is -2.10. The molecule has 4 N–H and O–H groups in total. The second kappa shape index (κ2) is 4.38. The summed E-state index contributed by atoms with van der Waals surface area (Å²) in [5.41, 5.74) is 12.2. The van der Waals surface area contributed by atoms with E-state index in [0.29, 0.717) is 5.70 Å². The lowest BCUT2D eigenvalue weighted by molar-refractivity contribution is -0.384. The molecule has 5 nitrogen and oxygen atoms in total. The normalized spacial score (nSPS) is 11.4. The molecule has 1 aromatic rings. The molecule has 0 radical (unpaired) electrons. The zero-order valence-electron chi connectivity index (χ0n) is 7.51. The number of nitro benzene ring substituents is 1. The summed E-state index contributed by atoms with van der Waals surface area (Å²) in [7, 11) is 0. The van der Waals surface area contributed by atoms with Crippen molar-refractivity contribution < 1.29 is 4.92 Å². The van der Waals surface area contributed by atoms with Crippen LogP contribution in [0.15, 0.2) is 30.0 Å². The van der Waals surface area contributed by atoms with Crippen molar-refractivity contribution in [2.24, 2.45) is 11.5 Å². The van der Waals surface area contributed by atoms with Crippen molar-refractivity contribution in [1.82, 2.24) is 0 Å². The summed E-state index contributed by atoms with van der Waals surface area (Å²) >= 11 is 0. The summed E-state index contributed by atoms with van der Waals surface area (Å²) in [5.74, 6) is 0.